The van der Waals surface area contributed by atoms with E-state index in [0.717, 1.165) is 6.07 Å². The van der Waals surface area contributed by atoms with Crippen molar-refractivity contribution in [2.45, 2.75) is 19.4 Å². The van der Waals surface area contributed by atoms with E-state index < -0.39 is 23.9 Å². The molecule has 6 heteroatoms. The van der Waals surface area contributed by atoms with Gasteiger partial charge in [0.05, 0.1) is 6.61 Å². The number of aliphatic hydroxyl groups is 2. The molecule has 0 radical (unpaired) electrons. The summed E-state index contributed by atoms with van der Waals surface area (Å²) in [5.41, 5.74) is 4.69. The number of aliphatic hydroxyl groups excluding tert-OH is 1. The van der Waals surface area contributed by atoms with E-state index in [1.165, 1.54) is 19.9 Å². The Morgan fingerprint density at radius 1 is 1.56 bits per heavy atom. The van der Waals surface area contributed by atoms with E-state index in [-0.39, 0.29) is 23.4 Å². The highest BCUT2D eigenvalue weighted by Gasteiger charge is 2.20. The van der Waals surface area contributed by atoms with E-state index in [0.29, 0.717) is 0 Å². The zero-order valence-corrected chi connectivity index (χ0v) is 10.3. The summed E-state index contributed by atoms with van der Waals surface area (Å²) in [5, 5.41) is 20.7. The number of halogens is 1. The molecule has 1 atom stereocenters. The summed E-state index contributed by atoms with van der Waals surface area (Å²) in [6.07, 6.45) is 0. The number of hydrogen-bond donors (Lipinski definition) is 4. The van der Waals surface area contributed by atoms with Crippen LogP contribution in [0.4, 0.5) is 10.1 Å². The summed E-state index contributed by atoms with van der Waals surface area (Å²) in [4.78, 5) is 11.7. The van der Waals surface area contributed by atoms with Crippen LogP contribution in [0.2, 0.25) is 0 Å². The topological polar surface area (TPSA) is 95.6 Å². The van der Waals surface area contributed by atoms with Gasteiger partial charge in [-0.2, -0.15) is 0 Å². The zero-order chi connectivity index (χ0) is 13.9. The monoisotopic (exact) mass is 256 g/mol. The molecule has 5 N–H and O–H groups in total. The molecule has 1 aromatic rings. The Kier molecular flexibility index (Phi) is 4.26. The van der Waals surface area contributed by atoms with Gasteiger partial charge < -0.3 is 21.3 Å². The van der Waals surface area contributed by atoms with Crippen LogP contribution >= 0.6 is 0 Å². The lowest BCUT2D eigenvalue weighted by Gasteiger charge is -2.20. The van der Waals surface area contributed by atoms with Crippen molar-refractivity contribution in [3.63, 3.8) is 0 Å². The molecule has 0 spiro atoms. The van der Waals surface area contributed by atoms with Crippen molar-refractivity contribution in [2.24, 2.45) is 0 Å². The fourth-order valence-electron chi connectivity index (χ4n) is 1.26. The van der Waals surface area contributed by atoms with Crippen LogP contribution in [0.1, 0.15) is 22.8 Å². The van der Waals surface area contributed by atoms with Crippen LogP contribution in [0.5, 0.6) is 0 Å². The van der Waals surface area contributed by atoms with Crippen LogP contribution in [0.25, 0.3) is 0 Å². The lowest BCUT2D eigenvalue weighted by Crippen LogP contribution is -2.43. The van der Waals surface area contributed by atoms with Gasteiger partial charge >= 0.3 is 0 Å². The lowest BCUT2D eigenvalue weighted by molar-refractivity contribution is 0.00320. The standard InChI is InChI=1S/C12H17FN2O3/c1-7-9(13)3-8(4-10(7)14)11(17)15-5-12(2,18)6-16/h3-4,16,18H,5-6,14H2,1-2H3,(H,15,17). The van der Waals surface area contributed by atoms with Crippen LogP contribution in [0.15, 0.2) is 12.1 Å². The third-order valence-electron chi connectivity index (χ3n) is 2.62. The van der Waals surface area contributed by atoms with Crippen molar-refractivity contribution in [3.8, 4) is 0 Å². The van der Waals surface area contributed by atoms with Crippen LogP contribution < -0.4 is 11.1 Å². The predicted molar refractivity (Wildman–Crippen MR) is 65.6 cm³/mol. The first-order chi connectivity index (χ1) is 8.26. The van der Waals surface area contributed by atoms with Crippen molar-refractivity contribution in [2.75, 3.05) is 18.9 Å². The van der Waals surface area contributed by atoms with Crippen molar-refractivity contribution < 1.29 is 19.4 Å². The number of nitrogens with two attached hydrogens (primary N) is 1. The molecule has 0 aromatic heterocycles. The second kappa shape index (κ2) is 5.32. The molecule has 0 aliphatic carbocycles. The quantitative estimate of drug-likeness (QED) is 0.578. The molecular weight excluding hydrogens is 239 g/mol. The number of carbonyl (C=O) groups is 1. The lowest BCUT2D eigenvalue weighted by atomic mass is 10.1. The minimum Gasteiger partial charge on any atom is -0.398 e. The molecule has 18 heavy (non-hydrogen) atoms. The highest BCUT2D eigenvalue weighted by molar-refractivity contribution is 5.95. The molecule has 0 aliphatic heterocycles. The second-order valence-corrected chi connectivity index (χ2v) is 4.51. The van der Waals surface area contributed by atoms with Crippen molar-refractivity contribution in [1.82, 2.24) is 5.32 Å². The number of hydrogen-bond acceptors (Lipinski definition) is 4. The number of carbonyl (C=O) groups excluding carboxylic acids is 1. The van der Waals surface area contributed by atoms with E-state index in [2.05, 4.69) is 5.32 Å². The van der Waals surface area contributed by atoms with Gasteiger partial charge in [-0.05, 0) is 26.0 Å². The second-order valence-electron chi connectivity index (χ2n) is 4.51. The molecule has 100 valence electrons. The van der Waals surface area contributed by atoms with Crippen LogP contribution in [-0.4, -0.2) is 34.9 Å². The number of nitrogens with one attached hydrogen (secondary N) is 1. The largest absolute Gasteiger partial charge is 0.398 e. The van der Waals surface area contributed by atoms with E-state index in [4.69, 9.17) is 10.8 Å². The molecule has 1 amide bonds. The van der Waals surface area contributed by atoms with E-state index in [9.17, 15) is 14.3 Å². The molecule has 0 heterocycles. The fourth-order valence-corrected chi connectivity index (χ4v) is 1.26. The summed E-state index contributed by atoms with van der Waals surface area (Å²) >= 11 is 0. The maximum atomic E-state index is 13.4. The van der Waals surface area contributed by atoms with Gasteiger partial charge in [0.15, 0.2) is 0 Å². The van der Waals surface area contributed by atoms with E-state index in [1.54, 1.807) is 0 Å². The molecular formula is C12H17FN2O3. The highest BCUT2D eigenvalue weighted by Crippen LogP contribution is 2.17. The number of anilines is 1. The molecule has 0 fully saturated rings. The number of amides is 1. The number of nitrogen functional groups attached to an aromatic ring is 1. The predicted octanol–water partition coefficient (Wildman–Crippen LogP) is 0.189. The molecule has 5 nitrogen and oxygen atoms in total. The summed E-state index contributed by atoms with van der Waals surface area (Å²) in [6, 6.07) is 2.44. The molecule has 0 aliphatic rings. The Hall–Kier alpha value is -1.66. The maximum absolute atomic E-state index is 13.4. The fraction of sp³-hybridized carbons (Fsp3) is 0.417. The SMILES string of the molecule is Cc1c(N)cc(C(=O)NCC(C)(O)CO)cc1F. The van der Waals surface area contributed by atoms with Gasteiger partial charge in [0, 0.05) is 23.4 Å². The Morgan fingerprint density at radius 3 is 2.67 bits per heavy atom. The Labute approximate surface area is 104 Å². The first-order valence-electron chi connectivity index (χ1n) is 5.44. The van der Waals surface area contributed by atoms with Crippen LogP contribution in [0.3, 0.4) is 0 Å². The number of rotatable bonds is 4. The molecule has 1 rings (SSSR count). The average Bonchev–Trinajstić information content (AvgIpc) is 2.32. The first-order valence-corrected chi connectivity index (χ1v) is 5.44. The molecule has 0 saturated heterocycles. The molecule has 0 bridgehead atoms. The maximum Gasteiger partial charge on any atom is 0.251 e. The zero-order valence-electron chi connectivity index (χ0n) is 10.3. The summed E-state index contributed by atoms with van der Waals surface area (Å²) < 4.78 is 13.4. The van der Waals surface area contributed by atoms with E-state index >= 15 is 0 Å². The van der Waals surface area contributed by atoms with E-state index in [1.807, 2.05) is 0 Å². The summed E-state index contributed by atoms with van der Waals surface area (Å²) in [5.74, 6) is -1.12. The van der Waals surface area contributed by atoms with Gasteiger partial charge in [-0.15, -0.1) is 0 Å². The van der Waals surface area contributed by atoms with Crippen LogP contribution in [-0.2, 0) is 0 Å². The van der Waals surface area contributed by atoms with Gasteiger partial charge in [0.1, 0.15) is 11.4 Å². The van der Waals surface area contributed by atoms with Crippen molar-refractivity contribution in [1.29, 1.82) is 0 Å². The summed E-state index contributed by atoms with van der Waals surface area (Å²) in [7, 11) is 0. The Balaban J connectivity index is 2.80. The van der Waals surface area contributed by atoms with Gasteiger partial charge in [-0.25, -0.2) is 4.39 Å². The van der Waals surface area contributed by atoms with Gasteiger partial charge in [-0.3, -0.25) is 4.79 Å². The van der Waals surface area contributed by atoms with Gasteiger partial charge in [0.2, 0.25) is 0 Å². The minimum absolute atomic E-state index is 0.0735. The van der Waals surface area contributed by atoms with Crippen molar-refractivity contribution in [3.05, 3.63) is 29.1 Å². The minimum atomic E-state index is -1.41. The number of benzene rings is 1. The van der Waals surface area contributed by atoms with Crippen LogP contribution in [0, 0.1) is 12.7 Å². The van der Waals surface area contributed by atoms with Crippen molar-refractivity contribution >= 4 is 11.6 Å². The average molecular weight is 256 g/mol. The first kappa shape index (κ1) is 14.4. The molecule has 1 aromatic carbocycles. The molecule has 0 saturated carbocycles. The normalized spacial score (nSPS) is 14.1. The third-order valence-corrected chi connectivity index (χ3v) is 2.62. The molecule has 1 unspecified atom stereocenters. The Bertz CT molecular complexity index is 438. The Morgan fingerprint density at radius 2 is 2.17 bits per heavy atom. The third kappa shape index (κ3) is 3.41. The summed E-state index contributed by atoms with van der Waals surface area (Å²) in [6.45, 7) is 2.26. The van der Waals surface area contributed by atoms with Gasteiger partial charge in [0.25, 0.3) is 5.91 Å². The smallest absolute Gasteiger partial charge is 0.251 e. The van der Waals surface area contributed by atoms with Gasteiger partial charge in [-0.1, -0.05) is 0 Å². The highest BCUT2D eigenvalue weighted by atomic mass is 19.1.